The summed E-state index contributed by atoms with van der Waals surface area (Å²) in [5.74, 6) is -3.02. The number of rotatable bonds is 4. The zero-order chi connectivity index (χ0) is 31.0. The van der Waals surface area contributed by atoms with Crippen molar-refractivity contribution in [2.75, 3.05) is 45.2 Å². The molecule has 2 aliphatic heterocycles. The van der Waals surface area contributed by atoms with Gasteiger partial charge in [-0.05, 0) is 43.7 Å². The van der Waals surface area contributed by atoms with Crippen LogP contribution >= 0.6 is 0 Å². The van der Waals surface area contributed by atoms with Crippen LogP contribution in [0.5, 0.6) is 0 Å². The van der Waals surface area contributed by atoms with Gasteiger partial charge in [-0.2, -0.15) is 26.3 Å². The Bertz CT molecular complexity index is 1120. The molecule has 0 radical (unpaired) electrons. The average molecular weight is 597 g/mol. The van der Waals surface area contributed by atoms with Crippen molar-refractivity contribution in [1.82, 2.24) is 14.8 Å². The van der Waals surface area contributed by atoms with E-state index in [4.69, 9.17) is 24.2 Å². The van der Waals surface area contributed by atoms with E-state index in [9.17, 15) is 31.1 Å². The number of nitrogens with zero attached hydrogens (tertiary/aromatic N) is 4. The number of alkyl halides is 6. The van der Waals surface area contributed by atoms with Gasteiger partial charge in [0, 0.05) is 45.8 Å². The van der Waals surface area contributed by atoms with Crippen LogP contribution in [0.15, 0.2) is 47.2 Å². The number of hydrogen-bond donors (Lipinski definition) is 2. The summed E-state index contributed by atoms with van der Waals surface area (Å²) in [6.07, 6.45) is -4.67. The number of halogens is 6. The third kappa shape index (κ3) is 9.37. The van der Waals surface area contributed by atoms with E-state index in [0.29, 0.717) is 0 Å². The van der Waals surface area contributed by atoms with Crippen molar-refractivity contribution < 1.29 is 55.4 Å². The van der Waals surface area contributed by atoms with Gasteiger partial charge in [0.1, 0.15) is 11.6 Å². The molecule has 0 spiro atoms. The highest BCUT2D eigenvalue weighted by atomic mass is 19.4. The minimum atomic E-state index is -5.08. The van der Waals surface area contributed by atoms with E-state index in [0.717, 1.165) is 57.1 Å². The van der Waals surface area contributed by atoms with Crippen LogP contribution in [0, 0.1) is 11.3 Å². The van der Waals surface area contributed by atoms with E-state index in [1.165, 1.54) is 0 Å². The Morgan fingerprint density at radius 3 is 2.10 bits per heavy atom. The molecular formula is C25H30F6N4O6. The lowest BCUT2D eigenvalue weighted by Gasteiger charge is -2.34. The number of carbonyl (C=O) groups is 3. The second-order valence-electron chi connectivity index (χ2n) is 9.64. The lowest BCUT2D eigenvalue weighted by atomic mass is 9.74. The average Bonchev–Trinajstić information content (AvgIpc) is 3.48. The van der Waals surface area contributed by atoms with Gasteiger partial charge in [0.2, 0.25) is 5.91 Å². The topological polar surface area (TPSA) is 127 Å². The summed E-state index contributed by atoms with van der Waals surface area (Å²) < 4.78 is 69.0. The van der Waals surface area contributed by atoms with Gasteiger partial charge < -0.3 is 24.4 Å². The van der Waals surface area contributed by atoms with Crippen molar-refractivity contribution >= 4 is 23.7 Å². The first-order valence-corrected chi connectivity index (χ1v) is 12.2. The minimum absolute atomic E-state index is 0.255. The fourth-order valence-corrected chi connectivity index (χ4v) is 4.79. The number of aliphatic carboxylic acids is 2. The third-order valence-corrected chi connectivity index (χ3v) is 6.52. The van der Waals surface area contributed by atoms with Gasteiger partial charge in [-0.3, -0.25) is 9.69 Å². The lowest BCUT2D eigenvalue weighted by molar-refractivity contribution is -0.193. The van der Waals surface area contributed by atoms with Crippen molar-refractivity contribution in [3.8, 4) is 0 Å². The molecule has 1 amide bonds. The number of carboxylic acids is 2. The summed E-state index contributed by atoms with van der Waals surface area (Å²) in [5.41, 5.74) is -0.334. The highest BCUT2D eigenvalue weighted by Crippen LogP contribution is 2.45. The van der Waals surface area contributed by atoms with Crippen LogP contribution in [0.2, 0.25) is 0 Å². The predicted octanol–water partition coefficient (Wildman–Crippen LogP) is 3.75. The molecule has 2 aliphatic rings. The molecule has 0 saturated carbocycles. The number of aromatic nitrogens is 1. The van der Waals surface area contributed by atoms with Gasteiger partial charge in [-0.25, -0.2) is 14.6 Å². The maximum absolute atomic E-state index is 13.3. The van der Waals surface area contributed by atoms with E-state index in [1.807, 2.05) is 50.6 Å². The van der Waals surface area contributed by atoms with Crippen molar-refractivity contribution in [3.05, 3.63) is 48.6 Å². The minimum Gasteiger partial charge on any atom is -0.475 e. The van der Waals surface area contributed by atoms with E-state index < -0.39 is 24.3 Å². The van der Waals surface area contributed by atoms with Crippen molar-refractivity contribution in [2.45, 2.75) is 31.7 Å². The Morgan fingerprint density at radius 2 is 1.63 bits per heavy atom. The molecule has 2 atom stereocenters. The van der Waals surface area contributed by atoms with Crippen LogP contribution in [0.1, 0.15) is 18.6 Å². The Labute approximate surface area is 231 Å². The SMILES string of the molecule is CN(C)C(=O)[C@]12CCCN(Cc3ccco3)C[C@H]1CN(c1ccccn1)C2.O=C(O)C(F)(F)F.O=C(O)C(F)(F)F. The predicted molar refractivity (Wildman–Crippen MR) is 132 cm³/mol. The van der Waals surface area contributed by atoms with E-state index in [1.54, 1.807) is 11.2 Å². The van der Waals surface area contributed by atoms with Gasteiger partial charge in [0.15, 0.2) is 0 Å². The third-order valence-electron chi connectivity index (χ3n) is 6.52. The Morgan fingerprint density at radius 1 is 1.02 bits per heavy atom. The van der Waals surface area contributed by atoms with Crippen molar-refractivity contribution in [2.24, 2.45) is 11.3 Å². The molecule has 41 heavy (non-hydrogen) atoms. The molecule has 0 aliphatic carbocycles. The van der Waals surface area contributed by atoms with Crippen LogP contribution < -0.4 is 4.90 Å². The van der Waals surface area contributed by atoms with Crippen molar-refractivity contribution in [3.63, 3.8) is 0 Å². The number of carbonyl (C=O) groups excluding carboxylic acids is 1. The highest BCUT2D eigenvalue weighted by molar-refractivity contribution is 5.84. The summed E-state index contributed by atoms with van der Waals surface area (Å²) in [4.78, 5) is 42.1. The van der Waals surface area contributed by atoms with Gasteiger partial charge in [0.05, 0.1) is 18.2 Å². The highest BCUT2D eigenvalue weighted by Gasteiger charge is 2.53. The number of furan rings is 1. The largest absolute Gasteiger partial charge is 0.490 e. The van der Waals surface area contributed by atoms with Crippen molar-refractivity contribution in [1.29, 1.82) is 0 Å². The molecule has 2 saturated heterocycles. The molecule has 16 heteroatoms. The first-order chi connectivity index (χ1) is 19.0. The first-order valence-electron chi connectivity index (χ1n) is 12.2. The van der Waals surface area contributed by atoms with Crippen LogP contribution in [0.3, 0.4) is 0 Å². The van der Waals surface area contributed by atoms with E-state index >= 15 is 0 Å². The smallest absolute Gasteiger partial charge is 0.475 e. The van der Waals surface area contributed by atoms with Crippen LogP contribution in [-0.4, -0.2) is 95.5 Å². The molecule has 4 rings (SSSR count). The standard InChI is InChI=1S/C21H28N4O2.2C2HF3O2/c1-23(2)20(26)21-9-6-11-24(15-18-7-5-12-27-18)13-17(21)14-25(16-21)19-8-3-4-10-22-19;2*3-2(4,5)1(6)7/h3-5,7-8,10,12,17H,6,9,11,13-16H2,1-2H3;2*(H,6,7)/t17-,21-;;/m0../s1. The van der Waals surface area contributed by atoms with Gasteiger partial charge in [0.25, 0.3) is 0 Å². The quantitative estimate of drug-likeness (QED) is 0.508. The molecule has 228 valence electrons. The molecular weight excluding hydrogens is 566 g/mol. The maximum atomic E-state index is 13.3. The molecule has 0 bridgehead atoms. The van der Waals surface area contributed by atoms with Crippen LogP contribution in [0.25, 0.3) is 0 Å². The molecule has 4 heterocycles. The number of amides is 1. The summed E-state index contributed by atoms with van der Waals surface area (Å²) in [7, 11) is 3.76. The number of anilines is 1. The van der Waals surface area contributed by atoms with E-state index in [2.05, 4.69) is 14.8 Å². The van der Waals surface area contributed by atoms with Gasteiger partial charge >= 0.3 is 24.3 Å². The van der Waals surface area contributed by atoms with Gasteiger partial charge in [-0.15, -0.1) is 0 Å². The summed E-state index contributed by atoms with van der Waals surface area (Å²) in [5, 5.41) is 14.2. The lowest BCUT2D eigenvalue weighted by Crippen LogP contribution is -2.47. The normalized spacial score (nSPS) is 20.9. The summed E-state index contributed by atoms with van der Waals surface area (Å²) in [6, 6.07) is 9.95. The molecule has 2 aromatic rings. The first kappa shape index (κ1) is 33.4. The fraction of sp³-hybridized carbons (Fsp3) is 0.520. The zero-order valence-corrected chi connectivity index (χ0v) is 22.2. The van der Waals surface area contributed by atoms with E-state index in [-0.39, 0.29) is 17.2 Å². The molecule has 0 unspecified atom stereocenters. The number of hydrogen-bond acceptors (Lipinski definition) is 7. The number of likely N-dealkylation sites (tertiary alicyclic amines) is 1. The van der Waals surface area contributed by atoms with Crippen LogP contribution in [-0.2, 0) is 20.9 Å². The number of fused-ring (bicyclic) bond motifs is 1. The summed E-state index contributed by atoms with van der Waals surface area (Å²) >= 11 is 0. The monoisotopic (exact) mass is 596 g/mol. The Balaban J connectivity index is 0.000000349. The number of pyridine rings is 1. The molecule has 2 fully saturated rings. The maximum Gasteiger partial charge on any atom is 0.490 e. The molecule has 10 nitrogen and oxygen atoms in total. The summed E-state index contributed by atoms with van der Waals surface area (Å²) in [6.45, 7) is 4.33. The second-order valence-corrected chi connectivity index (χ2v) is 9.64. The molecule has 2 N–H and O–H groups in total. The Kier molecular flexibility index (Phi) is 11.2. The number of carboxylic acid groups (broad SMARTS) is 2. The second kappa shape index (κ2) is 13.7. The van der Waals surface area contributed by atoms with Crippen LogP contribution in [0.4, 0.5) is 32.2 Å². The zero-order valence-electron chi connectivity index (χ0n) is 22.2. The molecule has 0 aromatic carbocycles. The fourth-order valence-electron chi connectivity index (χ4n) is 4.79. The molecule has 2 aromatic heterocycles. The van der Waals surface area contributed by atoms with Gasteiger partial charge in [-0.1, -0.05) is 6.07 Å². The Hall–Kier alpha value is -3.82.